The van der Waals surface area contributed by atoms with Gasteiger partial charge in [-0.25, -0.2) is 13.1 Å². The lowest BCUT2D eigenvalue weighted by atomic mass is 9.80. The third-order valence-corrected chi connectivity index (χ3v) is 5.32. The molecule has 1 aliphatic rings. The van der Waals surface area contributed by atoms with Crippen molar-refractivity contribution in [1.29, 1.82) is 0 Å². The Morgan fingerprint density at radius 3 is 2.26 bits per heavy atom. The summed E-state index contributed by atoms with van der Waals surface area (Å²) in [6.45, 7) is 1.97. The molecule has 112 valence electrons. The van der Waals surface area contributed by atoms with Gasteiger partial charge in [-0.3, -0.25) is 4.79 Å². The first kappa shape index (κ1) is 16.4. The Balaban J connectivity index is 2.66. The minimum Gasteiger partial charge on any atom is -0.481 e. The Bertz CT molecular complexity index is 383. The molecule has 2 N–H and O–H groups in total. The third-order valence-electron chi connectivity index (χ3n) is 3.91. The largest absolute Gasteiger partial charge is 0.481 e. The molecule has 0 bridgehead atoms. The number of carbonyl (C=O) groups is 1. The van der Waals surface area contributed by atoms with Crippen LogP contribution in [0.1, 0.15) is 58.3 Å². The molecule has 0 aromatic heterocycles. The molecular formula is C13H25NO4S. The zero-order valence-electron chi connectivity index (χ0n) is 11.7. The second kappa shape index (κ2) is 7.24. The Morgan fingerprint density at radius 2 is 1.79 bits per heavy atom. The number of hydrogen-bond donors (Lipinski definition) is 2. The maximum Gasteiger partial charge on any atom is 0.310 e. The summed E-state index contributed by atoms with van der Waals surface area (Å²) in [7, 11) is -3.34. The van der Waals surface area contributed by atoms with Crippen molar-refractivity contribution in [3.05, 3.63) is 0 Å². The molecule has 6 heteroatoms. The van der Waals surface area contributed by atoms with Gasteiger partial charge in [-0.1, -0.05) is 39.0 Å². The molecule has 0 aromatic rings. The molecule has 1 fully saturated rings. The number of carboxylic acid groups (broad SMARTS) is 1. The monoisotopic (exact) mass is 291 g/mol. The van der Waals surface area contributed by atoms with Crippen LogP contribution in [0, 0.1) is 5.41 Å². The lowest BCUT2D eigenvalue weighted by Gasteiger charge is -2.28. The predicted molar refractivity (Wildman–Crippen MR) is 74.5 cm³/mol. The van der Waals surface area contributed by atoms with E-state index in [1.54, 1.807) is 0 Å². The summed E-state index contributed by atoms with van der Waals surface area (Å²) in [5, 5.41) is 9.45. The van der Waals surface area contributed by atoms with Gasteiger partial charge in [0.2, 0.25) is 10.0 Å². The first-order chi connectivity index (χ1) is 8.92. The Kier molecular flexibility index (Phi) is 6.26. The van der Waals surface area contributed by atoms with Crippen LogP contribution in [0.2, 0.25) is 0 Å². The molecule has 1 aliphatic carbocycles. The number of aliphatic carboxylic acids is 1. The van der Waals surface area contributed by atoms with E-state index in [9.17, 15) is 18.3 Å². The first-order valence-electron chi connectivity index (χ1n) is 7.13. The summed E-state index contributed by atoms with van der Waals surface area (Å²) >= 11 is 0. The van der Waals surface area contributed by atoms with E-state index < -0.39 is 21.4 Å². The van der Waals surface area contributed by atoms with Crippen molar-refractivity contribution in [1.82, 2.24) is 4.72 Å². The highest BCUT2D eigenvalue weighted by atomic mass is 32.2. The average Bonchev–Trinajstić information content (AvgIpc) is 2.61. The van der Waals surface area contributed by atoms with Gasteiger partial charge in [0, 0.05) is 6.54 Å². The van der Waals surface area contributed by atoms with E-state index in [0.717, 1.165) is 32.1 Å². The highest BCUT2D eigenvalue weighted by molar-refractivity contribution is 7.89. The molecule has 0 atom stereocenters. The molecule has 0 aliphatic heterocycles. The number of hydrogen-bond acceptors (Lipinski definition) is 3. The smallest absolute Gasteiger partial charge is 0.310 e. The molecule has 19 heavy (non-hydrogen) atoms. The van der Waals surface area contributed by atoms with Crippen LogP contribution >= 0.6 is 0 Å². The van der Waals surface area contributed by atoms with Gasteiger partial charge >= 0.3 is 5.97 Å². The van der Waals surface area contributed by atoms with Crippen molar-refractivity contribution in [2.75, 3.05) is 12.3 Å². The molecule has 1 rings (SSSR count). The van der Waals surface area contributed by atoms with Gasteiger partial charge in [-0.05, 0) is 19.3 Å². The van der Waals surface area contributed by atoms with Crippen LogP contribution in [0.3, 0.4) is 0 Å². The highest BCUT2D eigenvalue weighted by Crippen LogP contribution is 2.35. The minimum absolute atomic E-state index is 0.0361. The van der Waals surface area contributed by atoms with Crippen molar-refractivity contribution in [2.24, 2.45) is 5.41 Å². The van der Waals surface area contributed by atoms with E-state index in [1.807, 2.05) is 6.92 Å². The molecule has 1 saturated carbocycles. The van der Waals surface area contributed by atoms with Crippen LogP contribution in [-0.4, -0.2) is 31.8 Å². The molecule has 0 heterocycles. The number of unbranched alkanes of at least 4 members (excludes halogenated alkanes) is 1. The average molecular weight is 291 g/mol. The lowest BCUT2D eigenvalue weighted by Crippen LogP contribution is -2.43. The van der Waals surface area contributed by atoms with Crippen molar-refractivity contribution in [3.63, 3.8) is 0 Å². The molecule has 0 aromatic carbocycles. The molecular weight excluding hydrogens is 266 g/mol. The van der Waals surface area contributed by atoms with E-state index in [0.29, 0.717) is 19.3 Å². The molecule has 0 amide bonds. The minimum atomic E-state index is -3.34. The SMILES string of the molecule is CCCCS(=O)(=O)NCC1(C(=O)O)CCCCCC1. The van der Waals surface area contributed by atoms with Crippen LogP contribution in [0.5, 0.6) is 0 Å². The molecule has 0 radical (unpaired) electrons. The fraction of sp³-hybridized carbons (Fsp3) is 0.923. The van der Waals surface area contributed by atoms with Crippen LogP contribution in [0.4, 0.5) is 0 Å². The standard InChI is InChI=1S/C13H25NO4S/c1-2-3-10-19(17,18)14-11-13(12(15)16)8-6-4-5-7-9-13/h14H,2-11H2,1H3,(H,15,16). The lowest BCUT2D eigenvalue weighted by molar-refractivity contribution is -0.149. The van der Waals surface area contributed by atoms with Crippen LogP contribution in [-0.2, 0) is 14.8 Å². The highest BCUT2D eigenvalue weighted by Gasteiger charge is 2.39. The van der Waals surface area contributed by atoms with Gasteiger partial charge < -0.3 is 5.11 Å². The van der Waals surface area contributed by atoms with Gasteiger partial charge in [0.25, 0.3) is 0 Å². The summed E-state index contributed by atoms with van der Waals surface area (Å²) in [4.78, 5) is 11.5. The molecule has 0 saturated heterocycles. The van der Waals surface area contributed by atoms with E-state index in [2.05, 4.69) is 4.72 Å². The summed E-state index contributed by atoms with van der Waals surface area (Å²) in [6.07, 6.45) is 6.36. The van der Waals surface area contributed by atoms with E-state index in [1.165, 1.54) is 0 Å². The quantitative estimate of drug-likeness (QED) is 0.704. The normalized spacial score (nSPS) is 19.8. The zero-order chi connectivity index (χ0) is 14.4. The second-order valence-corrected chi connectivity index (χ2v) is 7.42. The van der Waals surface area contributed by atoms with Crippen molar-refractivity contribution in [2.45, 2.75) is 58.3 Å². The van der Waals surface area contributed by atoms with Gasteiger partial charge in [-0.2, -0.15) is 0 Å². The second-order valence-electron chi connectivity index (χ2n) is 5.49. The fourth-order valence-corrected chi connectivity index (χ4v) is 3.84. The van der Waals surface area contributed by atoms with E-state index in [-0.39, 0.29) is 12.3 Å². The summed E-state index contributed by atoms with van der Waals surface area (Å²) in [5.74, 6) is -0.785. The molecule has 0 spiro atoms. The zero-order valence-corrected chi connectivity index (χ0v) is 12.5. The van der Waals surface area contributed by atoms with Crippen LogP contribution in [0.15, 0.2) is 0 Å². The number of nitrogens with one attached hydrogen (secondary N) is 1. The maximum atomic E-state index is 11.8. The Labute approximate surface area is 115 Å². The van der Waals surface area contributed by atoms with Gasteiger partial charge in [-0.15, -0.1) is 0 Å². The topological polar surface area (TPSA) is 83.5 Å². The van der Waals surface area contributed by atoms with Gasteiger partial charge in [0.15, 0.2) is 0 Å². The van der Waals surface area contributed by atoms with E-state index >= 15 is 0 Å². The van der Waals surface area contributed by atoms with Crippen LogP contribution < -0.4 is 4.72 Å². The number of sulfonamides is 1. The van der Waals surface area contributed by atoms with Crippen molar-refractivity contribution >= 4 is 16.0 Å². The van der Waals surface area contributed by atoms with E-state index in [4.69, 9.17) is 0 Å². The molecule has 5 nitrogen and oxygen atoms in total. The fourth-order valence-electron chi connectivity index (χ4n) is 2.53. The number of carboxylic acids is 1. The van der Waals surface area contributed by atoms with Crippen molar-refractivity contribution in [3.8, 4) is 0 Å². The van der Waals surface area contributed by atoms with Gasteiger partial charge in [0.1, 0.15) is 0 Å². The Morgan fingerprint density at radius 1 is 1.21 bits per heavy atom. The summed E-state index contributed by atoms with van der Waals surface area (Å²) < 4.78 is 26.1. The Hall–Kier alpha value is -0.620. The van der Waals surface area contributed by atoms with Crippen molar-refractivity contribution < 1.29 is 18.3 Å². The third kappa shape index (κ3) is 5.10. The van der Waals surface area contributed by atoms with Crippen LogP contribution in [0.25, 0.3) is 0 Å². The molecule has 0 unspecified atom stereocenters. The summed E-state index contributed by atoms with van der Waals surface area (Å²) in [5.41, 5.74) is -0.907. The van der Waals surface area contributed by atoms with Gasteiger partial charge in [0.05, 0.1) is 11.2 Å². The predicted octanol–water partition coefficient (Wildman–Crippen LogP) is 2.13. The number of rotatable bonds is 7. The summed E-state index contributed by atoms with van der Waals surface area (Å²) in [6, 6.07) is 0. The first-order valence-corrected chi connectivity index (χ1v) is 8.78. The maximum absolute atomic E-state index is 11.8.